The smallest absolute Gasteiger partial charge is 0.294 e. The number of nitrogens with one attached hydrogen (secondary N) is 1. The van der Waals surface area contributed by atoms with Crippen LogP contribution in [0.15, 0.2) is 38.6 Å². The van der Waals surface area contributed by atoms with Crippen LogP contribution in [-0.2, 0) is 12.3 Å². The second-order valence-electron chi connectivity index (χ2n) is 6.11. The minimum atomic E-state index is -0.279. The van der Waals surface area contributed by atoms with Crippen molar-refractivity contribution in [3.63, 3.8) is 0 Å². The lowest BCUT2D eigenvalue weighted by molar-refractivity contribution is 0.445. The highest BCUT2D eigenvalue weighted by Crippen LogP contribution is 2.25. The van der Waals surface area contributed by atoms with Gasteiger partial charge in [0.15, 0.2) is 0 Å². The van der Waals surface area contributed by atoms with Gasteiger partial charge in [-0.15, -0.1) is 5.10 Å². The zero-order chi connectivity index (χ0) is 17.4. The number of aromatic amines is 1. The Morgan fingerprint density at radius 3 is 3.00 bits per heavy atom. The van der Waals surface area contributed by atoms with Crippen molar-refractivity contribution in [1.29, 1.82) is 0 Å². The molecule has 9 heteroatoms. The summed E-state index contributed by atoms with van der Waals surface area (Å²) < 4.78 is 7.37. The molecular weight excluding hydrogens is 340 g/mol. The van der Waals surface area contributed by atoms with E-state index in [2.05, 4.69) is 39.3 Å². The van der Waals surface area contributed by atoms with Gasteiger partial charge >= 0.3 is 0 Å². The molecule has 3 heterocycles. The molecule has 4 aromatic rings. The van der Waals surface area contributed by atoms with Crippen LogP contribution in [0.2, 0.25) is 0 Å². The predicted octanol–water partition coefficient (Wildman–Crippen LogP) is 2.60. The molecule has 0 bridgehead atoms. The van der Waals surface area contributed by atoms with E-state index in [0.717, 1.165) is 11.9 Å². The monoisotopic (exact) mass is 356 g/mol. The molecule has 0 radical (unpaired) electrons. The van der Waals surface area contributed by atoms with E-state index in [9.17, 15) is 4.79 Å². The topological polar surface area (TPSA) is 102 Å². The maximum absolute atomic E-state index is 12.3. The molecule has 25 heavy (non-hydrogen) atoms. The Hall–Kier alpha value is -2.68. The summed E-state index contributed by atoms with van der Waals surface area (Å²) in [7, 11) is 0. The molecule has 4 rings (SSSR count). The van der Waals surface area contributed by atoms with Crippen molar-refractivity contribution in [2.75, 3.05) is 0 Å². The number of nitrogens with zero attached hydrogens (tertiary/aromatic N) is 5. The third-order valence-corrected chi connectivity index (χ3v) is 4.62. The lowest BCUT2D eigenvalue weighted by Crippen LogP contribution is -2.11. The number of hydrogen-bond donors (Lipinski definition) is 1. The Morgan fingerprint density at radius 1 is 1.32 bits per heavy atom. The van der Waals surface area contributed by atoms with E-state index in [1.165, 1.54) is 11.8 Å². The zero-order valence-electron chi connectivity index (χ0n) is 13.8. The fourth-order valence-corrected chi connectivity index (χ4v) is 3.37. The van der Waals surface area contributed by atoms with E-state index in [1.807, 2.05) is 24.3 Å². The summed E-state index contributed by atoms with van der Waals surface area (Å²) in [4.78, 5) is 19.6. The molecule has 0 amide bonds. The largest absolute Gasteiger partial charge is 0.449 e. The van der Waals surface area contributed by atoms with Gasteiger partial charge in [0, 0.05) is 11.9 Å². The Labute approximate surface area is 146 Å². The summed E-state index contributed by atoms with van der Waals surface area (Å²) in [5.41, 5.74) is 1.20. The van der Waals surface area contributed by atoms with Crippen molar-refractivity contribution >= 4 is 33.8 Å². The molecule has 1 N–H and O–H groups in total. The van der Waals surface area contributed by atoms with Crippen molar-refractivity contribution in [2.24, 2.45) is 5.92 Å². The van der Waals surface area contributed by atoms with Crippen LogP contribution in [0, 0.1) is 5.92 Å². The van der Waals surface area contributed by atoms with Gasteiger partial charge in [0.05, 0.1) is 5.75 Å². The second-order valence-corrected chi connectivity index (χ2v) is 7.06. The molecular formula is C16H16N6O2S. The summed E-state index contributed by atoms with van der Waals surface area (Å²) in [6.07, 6.45) is 0. The predicted molar refractivity (Wildman–Crippen MR) is 94.4 cm³/mol. The first-order valence-corrected chi connectivity index (χ1v) is 8.90. The third-order valence-electron chi connectivity index (χ3n) is 3.66. The minimum absolute atomic E-state index is 0.250. The molecule has 0 saturated heterocycles. The fraction of sp³-hybridized carbons (Fsp3) is 0.312. The Morgan fingerprint density at radius 2 is 2.16 bits per heavy atom. The van der Waals surface area contributed by atoms with Crippen LogP contribution in [0.5, 0.6) is 0 Å². The van der Waals surface area contributed by atoms with Crippen LogP contribution >= 0.6 is 11.8 Å². The first kappa shape index (κ1) is 15.8. The zero-order valence-corrected chi connectivity index (χ0v) is 14.6. The van der Waals surface area contributed by atoms with Crippen molar-refractivity contribution in [3.8, 4) is 0 Å². The summed E-state index contributed by atoms with van der Waals surface area (Å²) in [6.45, 7) is 4.95. The van der Waals surface area contributed by atoms with Crippen LogP contribution < -0.4 is 5.56 Å². The molecule has 128 valence electrons. The van der Waals surface area contributed by atoms with Gasteiger partial charge in [-0.1, -0.05) is 37.7 Å². The molecule has 0 spiro atoms. The Bertz CT molecular complexity index is 1100. The number of hydrogen-bond acceptors (Lipinski definition) is 7. The van der Waals surface area contributed by atoms with E-state index < -0.39 is 0 Å². The molecule has 3 aromatic heterocycles. The number of thioether (sulfide) groups is 1. The van der Waals surface area contributed by atoms with E-state index in [1.54, 1.807) is 4.68 Å². The highest BCUT2D eigenvalue weighted by molar-refractivity contribution is 7.98. The van der Waals surface area contributed by atoms with E-state index in [4.69, 9.17) is 4.42 Å². The van der Waals surface area contributed by atoms with E-state index >= 15 is 0 Å². The molecule has 0 aliphatic heterocycles. The van der Waals surface area contributed by atoms with Gasteiger partial charge in [-0.25, -0.2) is 9.67 Å². The van der Waals surface area contributed by atoms with Gasteiger partial charge in [-0.3, -0.25) is 4.79 Å². The van der Waals surface area contributed by atoms with Crippen LogP contribution in [0.25, 0.3) is 22.1 Å². The van der Waals surface area contributed by atoms with Crippen molar-refractivity contribution in [3.05, 3.63) is 40.4 Å². The fourth-order valence-electron chi connectivity index (χ4n) is 2.61. The van der Waals surface area contributed by atoms with Crippen LogP contribution in [0.3, 0.4) is 0 Å². The summed E-state index contributed by atoms with van der Waals surface area (Å²) >= 11 is 1.44. The number of aromatic nitrogens is 6. The molecule has 8 nitrogen and oxygen atoms in total. The summed E-state index contributed by atoms with van der Waals surface area (Å²) in [5, 5.41) is 13.3. The maximum Gasteiger partial charge on any atom is 0.294 e. The third kappa shape index (κ3) is 3.02. The van der Waals surface area contributed by atoms with Crippen LogP contribution in [0.1, 0.15) is 19.7 Å². The number of para-hydroxylation sites is 1. The SMILES string of the molecule is CC(C)Cn1nnnc1SCc1nc2c(oc3ccccc32)c(=O)[nH]1. The number of tetrazole rings is 1. The minimum Gasteiger partial charge on any atom is -0.449 e. The highest BCUT2D eigenvalue weighted by Gasteiger charge is 2.14. The van der Waals surface area contributed by atoms with Crippen LogP contribution in [0.4, 0.5) is 0 Å². The van der Waals surface area contributed by atoms with Gasteiger partial charge in [0.2, 0.25) is 10.7 Å². The van der Waals surface area contributed by atoms with Gasteiger partial charge in [0.25, 0.3) is 5.56 Å². The van der Waals surface area contributed by atoms with Gasteiger partial charge in [-0.2, -0.15) is 0 Å². The first-order valence-electron chi connectivity index (χ1n) is 7.91. The van der Waals surface area contributed by atoms with Crippen LogP contribution in [-0.4, -0.2) is 30.2 Å². The maximum atomic E-state index is 12.3. The van der Waals surface area contributed by atoms with Crippen molar-refractivity contribution in [2.45, 2.75) is 31.3 Å². The molecule has 0 aliphatic rings. The number of rotatable bonds is 5. The molecule has 0 aliphatic carbocycles. The molecule has 0 unspecified atom stereocenters. The Balaban J connectivity index is 1.65. The first-order chi connectivity index (χ1) is 12.1. The second kappa shape index (κ2) is 6.32. The number of furan rings is 1. The summed E-state index contributed by atoms with van der Waals surface area (Å²) in [5.74, 6) is 1.46. The van der Waals surface area contributed by atoms with E-state index in [-0.39, 0.29) is 11.1 Å². The number of fused-ring (bicyclic) bond motifs is 3. The van der Waals surface area contributed by atoms with Gasteiger partial charge < -0.3 is 9.40 Å². The lowest BCUT2D eigenvalue weighted by Gasteiger charge is -2.06. The molecule has 0 saturated carbocycles. The molecule has 0 atom stereocenters. The van der Waals surface area contributed by atoms with Gasteiger partial charge in [0.1, 0.15) is 16.9 Å². The number of benzene rings is 1. The van der Waals surface area contributed by atoms with Gasteiger partial charge in [-0.05, 0) is 28.5 Å². The summed E-state index contributed by atoms with van der Waals surface area (Å²) in [6, 6.07) is 7.48. The lowest BCUT2D eigenvalue weighted by atomic mass is 10.2. The van der Waals surface area contributed by atoms with Crippen molar-refractivity contribution < 1.29 is 4.42 Å². The quantitative estimate of drug-likeness (QED) is 0.548. The normalized spacial score (nSPS) is 11.8. The number of H-pyrrole nitrogens is 1. The van der Waals surface area contributed by atoms with Crippen molar-refractivity contribution in [1.82, 2.24) is 30.2 Å². The van der Waals surface area contributed by atoms with E-state index in [0.29, 0.717) is 33.8 Å². The molecule has 1 aromatic carbocycles. The average Bonchev–Trinajstić information content (AvgIpc) is 3.17. The standard InChI is InChI=1S/C16H16N6O2S/c1-9(2)7-22-16(19-20-21-22)25-8-12-17-13-10-5-3-4-6-11(10)24-14(13)15(23)18-12/h3-6,9H,7-8H2,1-2H3,(H,17,18,23). The average molecular weight is 356 g/mol. The highest BCUT2D eigenvalue weighted by atomic mass is 32.2. The molecule has 0 fully saturated rings. The Kier molecular flexibility index (Phi) is 4.00.